The quantitative estimate of drug-likeness (QED) is 0.811. The van der Waals surface area contributed by atoms with Crippen molar-refractivity contribution in [2.24, 2.45) is 0 Å². The summed E-state index contributed by atoms with van der Waals surface area (Å²) in [7, 11) is 0. The number of anilines is 1. The Morgan fingerprint density at radius 2 is 1.84 bits per heavy atom. The molecule has 2 aromatic carbocycles. The Morgan fingerprint density at radius 3 is 2.68 bits per heavy atom. The molecule has 0 atom stereocenters. The topological polar surface area (TPSA) is 43.7 Å². The van der Waals surface area contributed by atoms with Crippen LogP contribution in [0.4, 0.5) is 5.69 Å². The Labute approximate surface area is 112 Å². The third-order valence-corrected chi connectivity index (χ3v) is 3.62. The molecule has 0 saturated heterocycles. The minimum Gasteiger partial charge on any atom is -0.504 e. The molecule has 0 fully saturated rings. The van der Waals surface area contributed by atoms with Crippen LogP contribution in [-0.4, -0.2) is 16.8 Å². The number of phenols is 2. The van der Waals surface area contributed by atoms with Gasteiger partial charge in [0.05, 0.1) is 0 Å². The van der Waals surface area contributed by atoms with Gasteiger partial charge >= 0.3 is 0 Å². The minimum absolute atomic E-state index is 0.0530. The Hall–Kier alpha value is -2.16. The Morgan fingerprint density at radius 1 is 1.00 bits per heavy atom. The Balaban J connectivity index is 1.86. The minimum atomic E-state index is -0.0669. The van der Waals surface area contributed by atoms with Crippen LogP contribution in [0.25, 0.3) is 0 Å². The smallest absolute Gasteiger partial charge is 0.157 e. The second kappa shape index (κ2) is 4.84. The highest BCUT2D eigenvalue weighted by atomic mass is 16.3. The van der Waals surface area contributed by atoms with Crippen molar-refractivity contribution in [2.45, 2.75) is 19.4 Å². The van der Waals surface area contributed by atoms with Gasteiger partial charge in [-0.15, -0.1) is 0 Å². The number of hydrogen-bond donors (Lipinski definition) is 2. The molecule has 1 aliphatic heterocycles. The summed E-state index contributed by atoms with van der Waals surface area (Å²) < 4.78 is 0. The van der Waals surface area contributed by atoms with Gasteiger partial charge in [-0.2, -0.15) is 0 Å². The maximum absolute atomic E-state index is 9.56. The first-order valence-electron chi connectivity index (χ1n) is 6.58. The lowest BCUT2D eigenvalue weighted by atomic mass is 10.0. The van der Waals surface area contributed by atoms with Crippen molar-refractivity contribution in [3.8, 4) is 11.5 Å². The fourth-order valence-corrected chi connectivity index (χ4v) is 2.66. The second-order valence-electron chi connectivity index (χ2n) is 4.98. The van der Waals surface area contributed by atoms with Crippen molar-refractivity contribution in [2.75, 3.05) is 11.4 Å². The predicted octanol–water partition coefficient (Wildman–Crippen LogP) is 3.05. The van der Waals surface area contributed by atoms with Gasteiger partial charge < -0.3 is 15.1 Å². The number of benzene rings is 2. The van der Waals surface area contributed by atoms with Crippen molar-refractivity contribution >= 4 is 5.69 Å². The number of aryl methyl sites for hydroxylation is 1. The highest BCUT2D eigenvalue weighted by Crippen LogP contribution is 2.30. The fraction of sp³-hybridized carbons (Fsp3) is 0.250. The van der Waals surface area contributed by atoms with Crippen LogP contribution in [0.2, 0.25) is 0 Å². The first-order valence-corrected chi connectivity index (χ1v) is 6.58. The van der Waals surface area contributed by atoms with Gasteiger partial charge in [0.1, 0.15) is 0 Å². The maximum atomic E-state index is 9.56. The zero-order valence-electron chi connectivity index (χ0n) is 10.7. The molecular formula is C16H17NO2. The molecule has 0 aliphatic carbocycles. The van der Waals surface area contributed by atoms with E-state index >= 15 is 0 Å². The summed E-state index contributed by atoms with van der Waals surface area (Å²) in [5, 5.41) is 18.9. The van der Waals surface area contributed by atoms with Crippen molar-refractivity contribution in [1.82, 2.24) is 0 Å². The molecule has 3 rings (SSSR count). The lowest BCUT2D eigenvalue weighted by molar-refractivity contribution is 0.403. The third-order valence-electron chi connectivity index (χ3n) is 3.62. The number of hydrogen-bond acceptors (Lipinski definition) is 3. The monoisotopic (exact) mass is 255 g/mol. The second-order valence-corrected chi connectivity index (χ2v) is 4.98. The van der Waals surface area contributed by atoms with E-state index < -0.39 is 0 Å². The number of fused-ring (bicyclic) bond motifs is 1. The van der Waals surface area contributed by atoms with Crippen LogP contribution < -0.4 is 4.90 Å². The van der Waals surface area contributed by atoms with E-state index in [4.69, 9.17) is 0 Å². The molecule has 3 nitrogen and oxygen atoms in total. The molecule has 0 saturated carbocycles. The van der Waals surface area contributed by atoms with E-state index in [1.165, 1.54) is 11.3 Å². The van der Waals surface area contributed by atoms with Crippen LogP contribution in [0.3, 0.4) is 0 Å². The molecule has 2 aromatic rings. The van der Waals surface area contributed by atoms with Crippen LogP contribution in [0.1, 0.15) is 17.5 Å². The van der Waals surface area contributed by atoms with Crippen LogP contribution in [0.15, 0.2) is 42.5 Å². The zero-order valence-corrected chi connectivity index (χ0v) is 10.7. The van der Waals surface area contributed by atoms with E-state index in [1.54, 1.807) is 12.1 Å². The summed E-state index contributed by atoms with van der Waals surface area (Å²) in [6.07, 6.45) is 2.29. The van der Waals surface area contributed by atoms with E-state index in [1.807, 2.05) is 6.07 Å². The first-order chi connectivity index (χ1) is 9.24. The number of aromatic hydroxyl groups is 2. The normalized spacial score (nSPS) is 14.2. The molecule has 0 radical (unpaired) electrons. The third kappa shape index (κ3) is 2.36. The average molecular weight is 255 g/mol. The van der Waals surface area contributed by atoms with Gasteiger partial charge in [0.2, 0.25) is 0 Å². The van der Waals surface area contributed by atoms with Crippen molar-refractivity contribution in [3.63, 3.8) is 0 Å². The van der Waals surface area contributed by atoms with E-state index in [9.17, 15) is 10.2 Å². The highest BCUT2D eigenvalue weighted by Gasteiger charge is 2.16. The molecule has 0 unspecified atom stereocenters. The largest absolute Gasteiger partial charge is 0.504 e. The first kappa shape index (κ1) is 11.9. The van der Waals surface area contributed by atoms with Gasteiger partial charge in [0.25, 0.3) is 0 Å². The predicted molar refractivity (Wildman–Crippen MR) is 75.6 cm³/mol. The summed E-state index contributed by atoms with van der Waals surface area (Å²) in [5.74, 6) is -0.120. The van der Waals surface area contributed by atoms with E-state index in [0.29, 0.717) is 0 Å². The maximum Gasteiger partial charge on any atom is 0.157 e. The number of para-hydroxylation sites is 1. The molecule has 1 heterocycles. The number of rotatable bonds is 2. The summed E-state index contributed by atoms with van der Waals surface area (Å²) in [6.45, 7) is 1.78. The van der Waals surface area contributed by atoms with Crippen LogP contribution in [0.5, 0.6) is 11.5 Å². The summed E-state index contributed by atoms with van der Waals surface area (Å²) in [4.78, 5) is 2.32. The lowest BCUT2D eigenvalue weighted by Gasteiger charge is -2.31. The number of phenolic OH excluding ortho intramolecular Hbond substituents is 2. The summed E-state index contributed by atoms with van der Waals surface area (Å²) >= 11 is 0. The molecular weight excluding hydrogens is 238 g/mol. The van der Waals surface area contributed by atoms with E-state index in [2.05, 4.69) is 29.2 Å². The van der Waals surface area contributed by atoms with Gasteiger partial charge in [-0.1, -0.05) is 24.3 Å². The molecule has 0 amide bonds. The van der Waals surface area contributed by atoms with Crippen LogP contribution in [0, 0.1) is 0 Å². The number of nitrogens with zero attached hydrogens (tertiary/aromatic N) is 1. The zero-order chi connectivity index (χ0) is 13.2. The lowest BCUT2D eigenvalue weighted by Crippen LogP contribution is -2.28. The highest BCUT2D eigenvalue weighted by molar-refractivity contribution is 5.56. The van der Waals surface area contributed by atoms with Gasteiger partial charge in [0.15, 0.2) is 11.5 Å². The standard InChI is InChI=1S/C16H17NO2/c18-15-8-7-12(10-16(15)19)11-17-9-3-5-13-4-1-2-6-14(13)17/h1-2,4,6-8,10,18-19H,3,5,9,11H2. The van der Waals surface area contributed by atoms with Gasteiger partial charge in [-0.3, -0.25) is 0 Å². The summed E-state index contributed by atoms with van der Waals surface area (Å²) in [5.41, 5.74) is 3.67. The molecule has 1 aliphatic rings. The average Bonchev–Trinajstić information content (AvgIpc) is 2.43. The van der Waals surface area contributed by atoms with Crippen LogP contribution in [-0.2, 0) is 13.0 Å². The summed E-state index contributed by atoms with van der Waals surface area (Å²) in [6, 6.07) is 13.5. The molecule has 0 aromatic heterocycles. The molecule has 0 spiro atoms. The van der Waals surface area contributed by atoms with Crippen molar-refractivity contribution in [1.29, 1.82) is 0 Å². The fourth-order valence-electron chi connectivity index (χ4n) is 2.66. The van der Waals surface area contributed by atoms with E-state index in [-0.39, 0.29) is 11.5 Å². The Bertz CT molecular complexity index is 595. The SMILES string of the molecule is Oc1ccc(CN2CCCc3ccccc32)cc1O. The van der Waals surface area contributed by atoms with Crippen molar-refractivity contribution < 1.29 is 10.2 Å². The molecule has 3 heteroatoms. The van der Waals surface area contributed by atoms with Crippen LogP contribution >= 0.6 is 0 Å². The van der Waals surface area contributed by atoms with Crippen molar-refractivity contribution in [3.05, 3.63) is 53.6 Å². The van der Waals surface area contributed by atoms with Gasteiger partial charge in [-0.25, -0.2) is 0 Å². The Kier molecular flexibility index (Phi) is 3.03. The molecule has 2 N–H and O–H groups in total. The van der Waals surface area contributed by atoms with Gasteiger partial charge in [-0.05, 0) is 42.2 Å². The van der Waals surface area contributed by atoms with Gasteiger partial charge in [0, 0.05) is 18.8 Å². The molecule has 98 valence electrons. The molecule has 0 bridgehead atoms. The molecule has 19 heavy (non-hydrogen) atoms. The van der Waals surface area contributed by atoms with E-state index in [0.717, 1.165) is 31.5 Å².